The Kier molecular flexibility index (Phi) is 4.44. The van der Waals surface area contributed by atoms with Crippen molar-refractivity contribution in [3.05, 3.63) is 0 Å². The molecule has 0 saturated carbocycles. The molecule has 50 valence electrons. The molecule has 0 bridgehead atoms. The molecule has 1 atom stereocenters. The molecule has 0 N–H and O–H groups in total. The largest absolute Gasteiger partial charge is 0.347 e. The second-order valence-electron chi connectivity index (χ2n) is 1.62. The van der Waals surface area contributed by atoms with Crippen molar-refractivity contribution in [2.75, 3.05) is 27.4 Å². The van der Waals surface area contributed by atoms with E-state index < -0.39 is 0 Å². The van der Waals surface area contributed by atoms with Gasteiger partial charge in [0.15, 0.2) is 0 Å². The first-order valence-corrected chi connectivity index (χ1v) is 4.37. The fraction of sp³-hybridized carbons (Fsp3) is 1.00. The van der Waals surface area contributed by atoms with Crippen LogP contribution in [-0.4, -0.2) is 32.0 Å². The smallest absolute Gasteiger partial charge is 0.0999 e. The molecule has 0 heterocycles. The van der Waals surface area contributed by atoms with E-state index in [-0.39, 0.29) is 8.30 Å². The second kappa shape index (κ2) is 4.25. The van der Waals surface area contributed by atoms with Crippen molar-refractivity contribution in [3.63, 3.8) is 0 Å². The molecule has 0 rings (SSSR count). The zero-order valence-corrected chi connectivity index (χ0v) is 6.90. The Bertz CT molecular complexity index is 52.4. The molecule has 0 radical (unpaired) electrons. The second-order valence-corrected chi connectivity index (χ2v) is 3.60. The van der Waals surface area contributed by atoms with Crippen molar-refractivity contribution >= 4 is 8.30 Å². The molecule has 1 unspecified atom stereocenters. The fourth-order valence-electron chi connectivity index (χ4n) is 0.339. The monoisotopic (exact) mass is 135 g/mol. The van der Waals surface area contributed by atoms with Crippen LogP contribution in [0.1, 0.15) is 6.92 Å². The Hall–Kier alpha value is 0.350. The zero-order chi connectivity index (χ0) is 6.57. The molecule has 2 nitrogen and oxygen atoms in total. The van der Waals surface area contributed by atoms with E-state index >= 15 is 0 Å². The van der Waals surface area contributed by atoms with E-state index in [9.17, 15) is 0 Å². The average Bonchev–Trinajstić information content (AvgIpc) is 1.84. The van der Waals surface area contributed by atoms with Crippen molar-refractivity contribution in [1.29, 1.82) is 0 Å². The highest BCUT2D eigenvalue weighted by atomic mass is 31.2. The molecule has 0 aliphatic carbocycles. The maximum Gasteiger partial charge on any atom is 0.0999 e. The Labute approximate surface area is 52.7 Å². The Balaban J connectivity index is 3.29. The highest BCUT2D eigenvalue weighted by molar-refractivity contribution is 7.49. The molecular formula is C5H14NOP. The topological polar surface area (TPSA) is 12.5 Å². The Morgan fingerprint density at radius 3 is 2.25 bits per heavy atom. The minimum Gasteiger partial charge on any atom is -0.347 e. The van der Waals surface area contributed by atoms with Crippen LogP contribution >= 0.6 is 8.30 Å². The van der Waals surface area contributed by atoms with Crippen LogP contribution in [0, 0.1) is 0 Å². The molecule has 8 heavy (non-hydrogen) atoms. The maximum absolute atomic E-state index is 5.09. The molecule has 0 aliphatic rings. The van der Waals surface area contributed by atoms with E-state index in [0.717, 1.165) is 6.54 Å². The third-order valence-electron chi connectivity index (χ3n) is 1.20. The van der Waals surface area contributed by atoms with Gasteiger partial charge in [-0.2, -0.15) is 0 Å². The summed E-state index contributed by atoms with van der Waals surface area (Å²) < 4.78 is 7.28. The first kappa shape index (κ1) is 8.35. The third-order valence-corrected chi connectivity index (χ3v) is 2.98. The van der Waals surface area contributed by atoms with Gasteiger partial charge in [0.05, 0.1) is 8.30 Å². The van der Waals surface area contributed by atoms with Gasteiger partial charge in [0.1, 0.15) is 0 Å². The predicted octanol–water partition coefficient (Wildman–Crippen LogP) is 1.53. The van der Waals surface area contributed by atoms with Gasteiger partial charge in [0, 0.05) is 13.7 Å². The minimum absolute atomic E-state index is 0.306. The Morgan fingerprint density at radius 1 is 1.62 bits per heavy atom. The van der Waals surface area contributed by atoms with Crippen LogP contribution in [0.5, 0.6) is 0 Å². The lowest BCUT2D eigenvalue weighted by Gasteiger charge is -2.19. The van der Waals surface area contributed by atoms with Crippen molar-refractivity contribution in [3.8, 4) is 0 Å². The number of nitrogens with zero attached hydrogens (tertiary/aromatic N) is 1. The third kappa shape index (κ3) is 2.61. The van der Waals surface area contributed by atoms with Gasteiger partial charge in [-0.15, -0.1) is 0 Å². The molecule has 3 heteroatoms. The Morgan fingerprint density at radius 2 is 2.12 bits per heavy atom. The first-order chi connectivity index (χ1) is 3.72. The van der Waals surface area contributed by atoms with Gasteiger partial charge in [0.2, 0.25) is 0 Å². The van der Waals surface area contributed by atoms with Crippen LogP contribution in [0.15, 0.2) is 0 Å². The fourth-order valence-corrected chi connectivity index (χ4v) is 1.02. The molecule has 0 saturated heterocycles. The lowest BCUT2D eigenvalue weighted by atomic mass is 10.8. The van der Waals surface area contributed by atoms with Crippen LogP contribution < -0.4 is 0 Å². The number of hydrogen-bond donors (Lipinski definition) is 0. The van der Waals surface area contributed by atoms with Gasteiger partial charge >= 0.3 is 0 Å². The van der Waals surface area contributed by atoms with Crippen molar-refractivity contribution in [1.82, 2.24) is 4.67 Å². The van der Waals surface area contributed by atoms with E-state index in [2.05, 4.69) is 25.3 Å². The molecular weight excluding hydrogens is 121 g/mol. The van der Waals surface area contributed by atoms with E-state index in [0.29, 0.717) is 0 Å². The predicted molar refractivity (Wildman–Crippen MR) is 38.2 cm³/mol. The number of hydrogen-bond acceptors (Lipinski definition) is 2. The summed E-state index contributed by atoms with van der Waals surface area (Å²) in [6.45, 7) is 5.28. The maximum atomic E-state index is 5.09. The van der Waals surface area contributed by atoms with Crippen LogP contribution in [0.25, 0.3) is 0 Å². The summed E-state index contributed by atoms with van der Waals surface area (Å²) in [4.78, 5) is 0. The van der Waals surface area contributed by atoms with Gasteiger partial charge in [0.25, 0.3) is 0 Å². The van der Waals surface area contributed by atoms with Crippen molar-refractivity contribution in [2.45, 2.75) is 6.92 Å². The molecule has 0 aliphatic heterocycles. The molecule has 0 spiro atoms. The SMILES string of the molecule is CCN(C)P(C)OC. The lowest BCUT2D eigenvalue weighted by Crippen LogP contribution is -2.10. The van der Waals surface area contributed by atoms with Gasteiger partial charge in [-0.1, -0.05) is 6.92 Å². The van der Waals surface area contributed by atoms with Gasteiger partial charge in [-0.05, 0) is 13.7 Å². The van der Waals surface area contributed by atoms with Crippen LogP contribution in [-0.2, 0) is 4.52 Å². The lowest BCUT2D eigenvalue weighted by molar-refractivity contribution is 0.407. The summed E-state index contributed by atoms with van der Waals surface area (Å²) in [5.41, 5.74) is 0. The summed E-state index contributed by atoms with van der Waals surface area (Å²) in [6, 6.07) is 0. The van der Waals surface area contributed by atoms with E-state index in [1.54, 1.807) is 7.11 Å². The summed E-state index contributed by atoms with van der Waals surface area (Å²) >= 11 is 0. The van der Waals surface area contributed by atoms with Crippen LogP contribution in [0.3, 0.4) is 0 Å². The molecule has 0 aromatic rings. The highest BCUT2D eigenvalue weighted by Crippen LogP contribution is 2.33. The minimum atomic E-state index is -0.306. The van der Waals surface area contributed by atoms with E-state index in [1.807, 2.05) is 0 Å². The van der Waals surface area contributed by atoms with E-state index in [1.165, 1.54) is 0 Å². The number of rotatable bonds is 3. The van der Waals surface area contributed by atoms with E-state index in [4.69, 9.17) is 4.52 Å². The summed E-state index contributed by atoms with van der Waals surface area (Å²) in [5.74, 6) is 0. The summed E-state index contributed by atoms with van der Waals surface area (Å²) in [6.07, 6.45) is 0. The normalized spacial score (nSPS) is 14.6. The zero-order valence-electron chi connectivity index (χ0n) is 6.01. The van der Waals surface area contributed by atoms with Gasteiger partial charge in [-0.25, -0.2) is 0 Å². The molecule has 0 fully saturated rings. The van der Waals surface area contributed by atoms with Crippen molar-refractivity contribution < 1.29 is 4.52 Å². The summed E-state index contributed by atoms with van der Waals surface area (Å²) in [5, 5.41) is 0. The average molecular weight is 135 g/mol. The standard InChI is InChI=1S/C5H14NOP/c1-5-6(2)8(4)7-3/h5H2,1-4H3. The van der Waals surface area contributed by atoms with Crippen molar-refractivity contribution in [2.24, 2.45) is 0 Å². The molecule has 0 amide bonds. The summed E-state index contributed by atoms with van der Waals surface area (Å²) in [7, 11) is 3.51. The molecule has 0 aromatic heterocycles. The highest BCUT2D eigenvalue weighted by Gasteiger charge is 2.02. The molecule has 0 aromatic carbocycles. The van der Waals surface area contributed by atoms with Crippen LogP contribution in [0.2, 0.25) is 0 Å². The van der Waals surface area contributed by atoms with Gasteiger partial charge < -0.3 is 4.52 Å². The first-order valence-electron chi connectivity index (χ1n) is 2.71. The van der Waals surface area contributed by atoms with Gasteiger partial charge in [-0.3, -0.25) is 4.67 Å². The quantitative estimate of drug-likeness (QED) is 0.544. The van der Waals surface area contributed by atoms with Crippen LogP contribution in [0.4, 0.5) is 0 Å².